The van der Waals surface area contributed by atoms with Crippen molar-refractivity contribution < 1.29 is 13.6 Å². The topological polar surface area (TPSA) is 29.1 Å². The lowest BCUT2D eigenvalue weighted by Gasteiger charge is -2.06. The molecule has 1 unspecified atom stereocenters. The zero-order valence-electron chi connectivity index (χ0n) is 10.9. The molecule has 0 aromatic heterocycles. The molecule has 0 radical (unpaired) electrons. The Labute approximate surface area is 125 Å². The zero-order valence-corrected chi connectivity index (χ0v) is 12.4. The smallest absolute Gasteiger partial charge is 0.228 e. The number of halogens is 4. The average molecular weight is 320 g/mol. The first kappa shape index (κ1) is 15.3. The first-order valence-electron chi connectivity index (χ1n) is 6.01. The lowest BCUT2D eigenvalue weighted by Crippen LogP contribution is -2.17. The van der Waals surface area contributed by atoms with Gasteiger partial charge in [0, 0.05) is 11.8 Å². The number of hydrogen-bond acceptors (Lipinski definition) is 1. The van der Waals surface area contributed by atoms with Gasteiger partial charge in [0.1, 0.15) is 16.1 Å². The van der Waals surface area contributed by atoms with Crippen molar-refractivity contribution in [3.63, 3.8) is 0 Å². The van der Waals surface area contributed by atoms with Gasteiger partial charge in [-0.25, -0.2) is 8.78 Å². The summed E-state index contributed by atoms with van der Waals surface area (Å²) in [5.41, 5.74) is -0.194. The number of anilines is 1. The van der Waals surface area contributed by atoms with Crippen LogP contribution in [-0.4, -0.2) is 5.91 Å². The molecule has 2 nitrogen and oxygen atoms in total. The summed E-state index contributed by atoms with van der Waals surface area (Å²) in [6.45, 7) is 3.81. The summed E-state index contributed by atoms with van der Waals surface area (Å²) in [5, 5.41) is 2.51. The SMILES string of the molecule is CC1(C)C(C(=O)Nc2cc(F)cc(F)c2)[C@H]1C=C(Cl)Cl. The molecule has 1 aromatic rings. The Hall–Kier alpha value is -1.13. The Morgan fingerprint density at radius 2 is 1.80 bits per heavy atom. The number of allylic oxidation sites excluding steroid dienone is 1. The van der Waals surface area contributed by atoms with Crippen LogP contribution in [0, 0.1) is 28.9 Å². The summed E-state index contributed by atoms with van der Waals surface area (Å²) >= 11 is 11.2. The standard InChI is InChI=1S/C14H13Cl2F2NO/c1-14(2)10(6-11(15)16)12(14)13(20)19-9-4-7(17)3-8(18)5-9/h3-6,10,12H,1-2H3,(H,19,20)/t10-,12?/m1/s1. The Morgan fingerprint density at radius 3 is 2.30 bits per heavy atom. The predicted octanol–water partition coefficient (Wildman–Crippen LogP) is 4.49. The third kappa shape index (κ3) is 3.13. The fourth-order valence-electron chi connectivity index (χ4n) is 2.47. The van der Waals surface area contributed by atoms with E-state index in [9.17, 15) is 13.6 Å². The third-order valence-electron chi connectivity index (χ3n) is 3.63. The normalized spacial score (nSPS) is 23.1. The second-order valence-corrected chi connectivity index (χ2v) is 6.44. The van der Waals surface area contributed by atoms with E-state index in [0.717, 1.165) is 18.2 Å². The molecule has 0 aliphatic heterocycles. The van der Waals surface area contributed by atoms with Crippen molar-refractivity contribution in [2.24, 2.45) is 17.3 Å². The van der Waals surface area contributed by atoms with E-state index >= 15 is 0 Å². The van der Waals surface area contributed by atoms with Crippen LogP contribution in [0.2, 0.25) is 0 Å². The monoisotopic (exact) mass is 319 g/mol. The van der Waals surface area contributed by atoms with Gasteiger partial charge >= 0.3 is 0 Å². The van der Waals surface area contributed by atoms with Crippen LogP contribution in [0.3, 0.4) is 0 Å². The summed E-state index contributed by atoms with van der Waals surface area (Å²) in [4.78, 5) is 12.1. The molecule has 1 N–H and O–H groups in total. The van der Waals surface area contributed by atoms with Crippen LogP contribution in [0.5, 0.6) is 0 Å². The number of carbonyl (C=O) groups is 1. The van der Waals surface area contributed by atoms with Crippen molar-refractivity contribution in [2.75, 3.05) is 5.32 Å². The van der Waals surface area contributed by atoms with Gasteiger partial charge in [0.2, 0.25) is 5.91 Å². The first-order chi connectivity index (χ1) is 9.21. The summed E-state index contributed by atoms with van der Waals surface area (Å²) in [5.74, 6) is -2.21. The van der Waals surface area contributed by atoms with Gasteiger partial charge in [0.15, 0.2) is 0 Å². The molecule has 0 heterocycles. The van der Waals surface area contributed by atoms with Crippen LogP contribution in [0.1, 0.15) is 13.8 Å². The second-order valence-electron chi connectivity index (χ2n) is 5.43. The highest BCUT2D eigenvalue weighted by Crippen LogP contribution is 2.60. The number of nitrogens with one attached hydrogen (secondary N) is 1. The summed E-state index contributed by atoms with van der Waals surface area (Å²) < 4.78 is 26.2. The van der Waals surface area contributed by atoms with Gasteiger partial charge < -0.3 is 5.32 Å². The molecule has 0 bridgehead atoms. The molecule has 0 saturated heterocycles. The van der Waals surface area contributed by atoms with Crippen molar-refractivity contribution in [3.8, 4) is 0 Å². The van der Waals surface area contributed by atoms with Crippen molar-refractivity contribution in [1.82, 2.24) is 0 Å². The molecule has 1 amide bonds. The van der Waals surface area contributed by atoms with E-state index in [1.165, 1.54) is 0 Å². The zero-order chi connectivity index (χ0) is 15.1. The number of amides is 1. The fraction of sp³-hybridized carbons (Fsp3) is 0.357. The van der Waals surface area contributed by atoms with E-state index in [-0.39, 0.29) is 33.3 Å². The number of benzene rings is 1. The van der Waals surface area contributed by atoms with Crippen LogP contribution < -0.4 is 5.32 Å². The molecule has 0 spiro atoms. The first-order valence-corrected chi connectivity index (χ1v) is 6.77. The molecule has 1 aromatic carbocycles. The van der Waals surface area contributed by atoms with Gasteiger partial charge in [0.05, 0.1) is 5.92 Å². The summed E-state index contributed by atoms with van der Waals surface area (Å²) in [6.07, 6.45) is 1.61. The molecular formula is C14H13Cl2F2NO. The van der Waals surface area contributed by atoms with E-state index in [2.05, 4.69) is 5.32 Å². The molecule has 1 fully saturated rings. The minimum Gasteiger partial charge on any atom is -0.326 e. The quantitative estimate of drug-likeness (QED) is 0.873. The fourth-order valence-corrected chi connectivity index (χ4v) is 2.74. The van der Waals surface area contributed by atoms with E-state index < -0.39 is 11.6 Å². The van der Waals surface area contributed by atoms with E-state index in [1.807, 2.05) is 13.8 Å². The summed E-state index contributed by atoms with van der Waals surface area (Å²) in [7, 11) is 0. The molecule has 6 heteroatoms. The lowest BCUT2D eigenvalue weighted by atomic mass is 10.1. The van der Waals surface area contributed by atoms with Crippen molar-refractivity contribution in [2.45, 2.75) is 13.8 Å². The maximum Gasteiger partial charge on any atom is 0.228 e. The number of rotatable bonds is 3. The highest BCUT2D eigenvalue weighted by molar-refractivity contribution is 6.55. The van der Waals surface area contributed by atoms with Gasteiger partial charge in [0.25, 0.3) is 0 Å². The lowest BCUT2D eigenvalue weighted by molar-refractivity contribution is -0.118. The van der Waals surface area contributed by atoms with Crippen LogP contribution in [0.25, 0.3) is 0 Å². The largest absolute Gasteiger partial charge is 0.326 e. The van der Waals surface area contributed by atoms with Crippen LogP contribution >= 0.6 is 23.2 Å². The molecule has 20 heavy (non-hydrogen) atoms. The van der Waals surface area contributed by atoms with Gasteiger partial charge in [-0.05, 0) is 29.5 Å². The molecule has 108 valence electrons. The molecular weight excluding hydrogens is 307 g/mol. The third-order valence-corrected chi connectivity index (χ3v) is 3.88. The average Bonchev–Trinajstić information content (AvgIpc) is 2.77. The Balaban J connectivity index is 2.12. The van der Waals surface area contributed by atoms with E-state index in [0.29, 0.717) is 0 Å². The van der Waals surface area contributed by atoms with Crippen molar-refractivity contribution >= 4 is 34.8 Å². The maximum absolute atomic E-state index is 13.1. The molecule has 2 atom stereocenters. The van der Waals surface area contributed by atoms with Gasteiger partial charge in [-0.15, -0.1) is 0 Å². The molecule has 1 saturated carbocycles. The van der Waals surface area contributed by atoms with Crippen LogP contribution in [-0.2, 0) is 4.79 Å². The molecule has 1 aliphatic rings. The highest BCUT2D eigenvalue weighted by Gasteiger charge is 2.60. The molecule has 2 rings (SSSR count). The van der Waals surface area contributed by atoms with Crippen LogP contribution in [0.4, 0.5) is 14.5 Å². The Bertz CT molecular complexity index is 562. The predicted molar refractivity (Wildman–Crippen MR) is 75.5 cm³/mol. The summed E-state index contributed by atoms with van der Waals surface area (Å²) in [6, 6.07) is 2.88. The molecule has 1 aliphatic carbocycles. The van der Waals surface area contributed by atoms with Crippen molar-refractivity contribution in [3.05, 3.63) is 40.4 Å². The number of carbonyl (C=O) groups excluding carboxylic acids is 1. The maximum atomic E-state index is 13.1. The van der Waals surface area contributed by atoms with E-state index in [1.54, 1.807) is 6.08 Å². The van der Waals surface area contributed by atoms with Crippen LogP contribution in [0.15, 0.2) is 28.8 Å². The minimum absolute atomic E-state index is 0.0918. The van der Waals surface area contributed by atoms with Gasteiger partial charge in [-0.3, -0.25) is 4.79 Å². The van der Waals surface area contributed by atoms with Crippen molar-refractivity contribution in [1.29, 1.82) is 0 Å². The number of hydrogen-bond donors (Lipinski definition) is 1. The second kappa shape index (κ2) is 5.34. The Morgan fingerprint density at radius 1 is 1.25 bits per heavy atom. The Kier molecular flexibility index (Phi) is 4.07. The highest BCUT2D eigenvalue weighted by atomic mass is 35.5. The minimum atomic E-state index is -0.740. The van der Waals surface area contributed by atoms with Gasteiger partial charge in [-0.1, -0.05) is 37.0 Å². The van der Waals surface area contributed by atoms with E-state index in [4.69, 9.17) is 23.2 Å². The van der Waals surface area contributed by atoms with Gasteiger partial charge in [-0.2, -0.15) is 0 Å².